The standard InChI is InChI=1S/C20H40O5/c1-3-4-5-6-7-8-9-10-11-12-22-15-16-24-19-20-25-18-17-23-14-13-21-2/h3H,1,4-20H2,2H3. The zero-order chi connectivity index (χ0) is 18.3. The van der Waals surface area contributed by atoms with Crippen LogP contribution in [0.4, 0.5) is 0 Å². The summed E-state index contributed by atoms with van der Waals surface area (Å²) >= 11 is 0. The smallest absolute Gasteiger partial charge is 0.0701 e. The highest BCUT2D eigenvalue weighted by Gasteiger charge is 1.94. The van der Waals surface area contributed by atoms with Gasteiger partial charge >= 0.3 is 0 Å². The first-order valence-electron chi connectivity index (χ1n) is 9.82. The molecule has 150 valence electrons. The minimum atomic E-state index is 0.595. The van der Waals surface area contributed by atoms with Gasteiger partial charge < -0.3 is 23.7 Å². The molecule has 0 aromatic heterocycles. The molecule has 0 rings (SSSR count). The van der Waals surface area contributed by atoms with Gasteiger partial charge in [-0.25, -0.2) is 0 Å². The summed E-state index contributed by atoms with van der Waals surface area (Å²) in [5, 5.41) is 0. The highest BCUT2D eigenvalue weighted by molar-refractivity contribution is 4.65. The fourth-order valence-electron chi connectivity index (χ4n) is 2.28. The molecule has 0 aliphatic rings. The maximum atomic E-state index is 5.57. The molecule has 0 unspecified atom stereocenters. The van der Waals surface area contributed by atoms with Crippen LogP contribution in [0, 0.1) is 0 Å². The van der Waals surface area contributed by atoms with Gasteiger partial charge in [-0.3, -0.25) is 0 Å². The van der Waals surface area contributed by atoms with Crippen LogP contribution in [-0.2, 0) is 23.7 Å². The molecular weight excluding hydrogens is 320 g/mol. The first-order chi connectivity index (χ1) is 12.4. The van der Waals surface area contributed by atoms with E-state index in [0.717, 1.165) is 19.4 Å². The van der Waals surface area contributed by atoms with Gasteiger partial charge in [0.1, 0.15) is 0 Å². The topological polar surface area (TPSA) is 46.2 Å². The van der Waals surface area contributed by atoms with Crippen LogP contribution in [-0.4, -0.2) is 66.6 Å². The Kier molecular flexibility index (Phi) is 23.1. The van der Waals surface area contributed by atoms with Gasteiger partial charge in [0.15, 0.2) is 0 Å². The van der Waals surface area contributed by atoms with Gasteiger partial charge in [0.25, 0.3) is 0 Å². The summed E-state index contributed by atoms with van der Waals surface area (Å²) in [5.74, 6) is 0. The zero-order valence-corrected chi connectivity index (χ0v) is 16.3. The lowest BCUT2D eigenvalue weighted by Crippen LogP contribution is -2.13. The highest BCUT2D eigenvalue weighted by Crippen LogP contribution is 2.08. The predicted molar refractivity (Wildman–Crippen MR) is 102 cm³/mol. The Bertz CT molecular complexity index is 248. The van der Waals surface area contributed by atoms with E-state index in [0.29, 0.717) is 52.9 Å². The summed E-state index contributed by atoms with van der Waals surface area (Å²) in [7, 11) is 1.66. The van der Waals surface area contributed by atoms with Gasteiger partial charge in [0.2, 0.25) is 0 Å². The molecule has 0 aliphatic heterocycles. The second-order valence-corrected chi connectivity index (χ2v) is 5.99. The maximum absolute atomic E-state index is 5.57. The third kappa shape index (κ3) is 23.5. The van der Waals surface area contributed by atoms with Crippen molar-refractivity contribution in [2.45, 2.75) is 51.4 Å². The molecule has 0 amide bonds. The molecule has 5 heteroatoms. The van der Waals surface area contributed by atoms with Crippen LogP contribution >= 0.6 is 0 Å². The minimum Gasteiger partial charge on any atom is -0.382 e. The Morgan fingerprint density at radius 1 is 0.520 bits per heavy atom. The zero-order valence-electron chi connectivity index (χ0n) is 16.3. The molecule has 0 bridgehead atoms. The summed E-state index contributed by atoms with van der Waals surface area (Å²) in [4.78, 5) is 0. The number of hydrogen-bond acceptors (Lipinski definition) is 5. The van der Waals surface area contributed by atoms with Crippen LogP contribution < -0.4 is 0 Å². The van der Waals surface area contributed by atoms with Crippen molar-refractivity contribution < 1.29 is 23.7 Å². The van der Waals surface area contributed by atoms with E-state index in [4.69, 9.17) is 23.7 Å². The molecular formula is C20H40O5. The van der Waals surface area contributed by atoms with Crippen molar-refractivity contribution >= 4 is 0 Å². The molecule has 0 spiro atoms. The van der Waals surface area contributed by atoms with E-state index in [-0.39, 0.29) is 0 Å². The Balaban J connectivity index is 2.95. The molecule has 0 fully saturated rings. The number of rotatable bonds is 22. The lowest BCUT2D eigenvalue weighted by molar-refractivity contribution is -0.00800. The fraction of sp³-hybridized carbons (Fsp3) is 0.900. The number of ether oxygens (including phenoxy) is 5. The molecule has 0 N–H and O–H groups in total. The fourth-order valence-corrected chi connectivity index (χ4v) is 2.28. The van der Waals surface area contributed by atoms with E-state index in [9.17, 15) is 0 Å². The van der Waals surface area contributed by atoms with Gasteiger partial charge in [-0.1, -0.05) is 38.2 Å². The Labute approximate surface area is 155 Å². The molecule has 0 aromatic carbocycles. The summed E-state index contributed by atoms with van der Waals surface area (Å²) in [6, 6.07) is 0. The van der Waals surface area contributed by atoms with Crippen LogP contribution in [0.3, 0.4) is 0 Å². The highest BCUT2D eigenvalue weighted by atomic mass is 16.6. The van der Waals surface area contributed by atoms with Crippen LogP contribution in [0.5, 0.6) is 0 Å². The monoisotopic (exact) mass is 360 g/mol. The van der Waals surface area contributed by atoms with E-state index < -0.39 is 0 Å². The third-order valence-electron chi connectivity index (χ3n) is 3.74. The Morgan fingerprint density at radius 2 is 0.920 bits per heavy atom. The molecule has 0 aliphatic carbocycles. The summed E-state index contributed by atoms with van der Waals surface area (Å²) in [6.45, 7) is 9.53. The summed E-state index contributed by atoms with van der Waals surface area (Å²) in [5.41, 5.74) is 0. The number of hydrogen-bond donors (Lipinski definition) is 0. The second kappa shape index (κ2) is 23.5. The first-order valence-corrected chi connectivity index (χ1v) is 9.82. The van der Waals surface area contributed by atoms with Gasteiger partial charge in [-0.05, 0) is 19.3 Å². The largest absolute Gasteiger partial charge is 0.382 e. The Morgan fingerprint density at radius 3 is 1.40 bits per heavy atom. The van der Waals surface area contributed by atoms with Crippen LogP contribution in [0.25, 0.3) is 0 Å². The number of unbranched alkanes of at least 4 members (excludes halogenated alkanes) is 7. The van der Waals surface area contributed by atoms with E-state index in [1.54, 1.807) is 7.11 Å². The quantitative estimate of drug-likeness (QED) is 0.216. The molecule has 0 saturated carbocycles. The normalized spacial score (nSPS) is 11.1. The predicted octanol–water partition coefficient (Wildman–Crippen LogP) is 4.01. The van der Waals surface area contributed by atoms with E-state index in [2.05, 4.69) is 6.58 Å². The van der Waals surface area contributed by atoms with Crippen molar-refractivity contribution in [1.82, 2.24) is 0 Å². The molecule has 0 radical (unpaired) electrons. The van der Waals surface area contributed by atoms with Crippen molar-refractivity contribution in [2.24, 2.45) is 0 Å². The Hall–Kier alpha value is -0.460. The minimum absolute atomic E-state index is 0.595. The summed E-state index contributed by atoms with van der Waals surface area (Å²) < 4.78 is 26.6. The number of methoxy groups -OCH3 is 1. The van der Waals surface area contributed by atoms with Gasteiger partial charge in [-0.2, -0.15) is 0 Å². The molecule has 0 heterocycles. The lowest BCUT2D eigenvalue weighted by atomic mass is 10.1. The average Bonchev–Trinajstić information content (AvgIpc) is 2.63. The van der Waals surface area contributed by atoms with Crippen molar-refractivity contribution in [3.63, 3.8) is 0 Å². The average molecular weight is 361 g/mol. The van der Waals surface area contributed by atoms with Crippen molar-refractivity contribution in [2.75, 3.05) is 66.6 Å². The molecule has 5 nitrogen and oxygen atoms in total. The van der Waals surface area contributed by atoms with Crippen LogP contribution in [0.2, 0.25) is 0 Å². The van der Waals surface area contributed by atoms with Crippen LogP contribution in [0.15, 0.2) is 12.7 Å². The van der Waals surface area contributed by atoms with Crippen molar-refractivity contribution in [3.05, 3.63) is 12.7 Å². The van der Waals surface area contributed by atoms with E-state index >= 15 is 0 Å². The SMILES string of the molecule is C=CCCCCCCCCCOCCOCCOCCOCCOC. The van der Waals surface area contributed by atoms with Crippen molar-refractivity contribution in [3.8, 4) is 0 Å². The molecule has 0 aromatic rings. The van der Waals surface area contributed by atoms with E-state index in [1.165, 1.54) is 38.5 Å². The summed E-state index contributed by atoms with van der Waals surface area (Å²) in [6.07, 6.45) is 12.2. The molecule has 0 saturated heterocycles. The van der Waals surface area contributed by atoms with Gasteiger partial charge in [0.05, 0.1) is 52.9 Å². The van der Waals surface area contributed by atoms with Crippen molar-refractivity contribution in [1.29, 1.82) is 0 Å². The van der Waals surface area contributed by atoms with Crippen LogP contribution in [0.1, 0.15) is 51.4 Å². The third-order valence-corrected chi connectivity index (χ3v) is 3.74. The lowest BCUT2D eigenvalue weighted by Gasteiger charge is -2.07. The molecule has 25 heavy (non-hydrogen) atoms. The molecule has 0 atom stereocenters. The van der Waals surface area contributed by atoms with Gasteiger partial charge in [0, 0.05) is 13.7 Å². The first kappa shape index (κ1) is 24.5. The number of allylic oxidation sites excluding steroid dienone is 1. The van der Waals surface area contributed by atoms with E-state index in [1.807, 2.05) is 6.08 Å². The second-order valence-electron chi connectivity index (χ2n) is 5.99. The maximum Gasteiger partial charge on any atom is 0.0701 e. The van der Waals surface area contributed by atoms with Gasteiger partial charge in [-0.15, -0.1) is 6.58 Å².